The number of hydrogen-bond donors (Lipinski definition) is 1. The highest BCUT2D eigenvalue weighted by atomic mass is 16.2. The molecule has 4 rings (SSSR count). The van der Waals surface area contributed by atoms with Crippen LogP contribution in [0.3, 0.4) is 0 Å². The van der Waals surface area contributed by atoms with Gasteiger partial charge in [0.05, 0.1) is 22.3 Å². The molecule has 2 aromatic carbocycles. The number of fused-ring (bicyclic) bond motifs is 2. The highest BCUT2D eigenvalue weighted by Gasteiger charge is 2.34. The van der Waals surface area contributed by atoms with Gasteiger partial charge in [-0.2, -0.15) is 0 Å². The number of aryl methyl sites for hydroxylation is 2. The zero-order valence-corrected chi connectivity index (χ0v) is 15.7. The SMILES string of the molecule is Cc1ccc2nc(C)cc(NC(=O)CCN3C(=O)c4ccccc4C3=O)c2c1. The van der Waals surface area contributed by atoms with Crippen LogP contribution in [0.25, 0.3) is 10.9 Å². The molecule has 0 saturated heterocycles. The summed E-state index contributed by atoms with van der Waals surface area (Å²) in [4.78, 5) is 42.9. The standard InChI is InChI=1S/C22H19N3O3/c1-13-7-8-18-17(11-13)19(12-14(2)23-18)24-20(26)9-10-25-21(27)15-5-3-4-6-16(15)22(25)28/h3-8,11-12H,9-10H2,1-2H3,(H,23,24,26). The number of amides is 3. The molecule has 0 radical (unpaired) electrons. The van der Waals surface area contributed by atoms with Crippen LogP contribution in [0.1, 0.15) is 38.4 Å². The van der Waals surface area contributed by atoms with Crippen molar-refractivity contribution in [2.24, 2.45) is 0 Å². The number of rotatable bonds is 4. The molecule has 1 aliphatic rings. The third-order valence-corrected chi connectivity index (χ3v) is 4.81. The van der Waals surface area contributed by atoms with E-state index in [9.17, 15) is 14.4 Å². The predicted octanol–water partition coefficient (Wildman–Crippen LogP) is 3.48. The summed E-state index contributed by atoms with van der Waals surface area (Å²) in [6.45, 7) is 3.89. The molecular weight excluding hydrogens is 354 g/mol. The molecule has 6 nitrogen and oxygen atoms in total. The minimum absolute atomic E-state index is 0.0279. The smallest absolute Gasteiger partial charge is 0.261 e. The van der Waals surface area contributed by atoms with E-state index in [0.717, 1.165) is 27.1 Å². The van der Waals surface area contributed by atoms with E-state index in [1.807, 2.05) is 38.1 Å². The van der Waals surface area contributed by atoms with E-state index < -0.39 is 0 Å². The largest absolute Gasteiger partial charge is 0.325 e. The lowest BCUT2D eigenvalue weighted by molar-refractivity contribution is -0.116. The van der Waals surface area contributed by atoms with Crippen molar-refractivity contribution in [1.29, 1.82) is 0 Å². The third kappa shape index (κ3) is 3.13. The van der Waals surface area contributed by atoms with E-state index in [1.165, 1.54) is 0 Å². The lowest BCUT2D eigenvalue weighted by atomic mass is 10.1. The number of nitrogens with one attached hydrogen (secondary N) is 1. The van der Waals surface area contributed by atoms with Crippen LogP contribution in [-0.2, 0) is 4.79 Å². The summed E-state index contributed by atoms with van der Waals surface area (Å²) in [5, 5.41) is 3.76. The lowest BCUT2D eigenvalue weighted by Gasteiger charge is -2.14. The number of aromatic nitrogens is 1. The number of hydrogen-bond acceptors (Lipinski definition) is 4. The Labute approximate surface area is 162 Å². The van der Waals surface area contributed by atoms with Gasteiger partial charge in [0, 0.05) is 24.0 Å². The molecule has 140 valence electrons. The second-order valence-electron chi connectivity index (χ2n) is 6.94. The van der Waals surface area contributed by atoms with Crippen LogP contribution in [0.2, 0.25) is 0 Å². The highest BCUT2D eigenvalue weighted by Crippen LogP contribution is 2.25. The molecule has 0 fully saturated rings. The summed E-state index contributed by atoms with van der Waals surface area (Å²) in [6.07, 6.45) is 0.0279. The number of nitrogens with zero attached hydrogens (tertiary/aromatic N) is 2. The van der Waals surface area contributed by atoms with Crippen molar-refractivity contribution in [3.8, 4) is 0 Å². The van der Waals surface area contributed by atoms with E-state index in [1.54, 1.807) is 24.3 Å². The van der Waals surface area contributed by atoms with Crippen molar-refractivity contribution >= 4 is 34.3 Å². The number of carbonyl (C=O) groups excluding carboxylic acids is 3. The van der Waals surface area contributed by atoms with Crippen molar-refractivity contribution in [3.63, 3.8) is 0 Å². The Balaban J connectivity index is 1.49. The number of imide groups is 1. The second-order valence-corrected chi connectivity index (χ2v) is 6.94. The van der Waals surface area contributed by atoms with Crippen LogP contribution in [0.15, 0.2) is 48.5 Å². The highest BCUT2D eigenvalue weighted by molar-refractivity contribution is 6.21. The molecule has 28 heavy (non-hydrogen) atoms. The van der Waals surface area contributed by atoms with E-state index in [4.69, 9.17) is 0 Å². The van der Waals surface area contributed by atoms with Gasteiger partial charge in [0.15, 0.2) is 0 Å². The van der Waals surface area contributed by atoms with E-state index in [2.05, 4.69) is 10.3 Å². The average Bonchev–Trinajstić information content (AvgIpc) is 2.91. The van der Waals surface area contributed by atoms with Crippen molar-refractivity contribution in [2.45, 2.75) is 20.3 Å². The van der Waals surface area contributed by atoms with Gasteiger partial charge in [-0.3, -0.25) is 24.3 Å². The Hall–Kier alpha value is -3.54. The maximum absolute atomic E-state index is 12.5. The van der Waals surface area contributed by atoms with Gasteiger partial charge in [0.2, 0.25) is 5.91 Å². The van der Waals surface area contributed by atoms with Gasteiger partial charge in [0.25, 0.3) is 11.8 Å². The Morgan fingerprint density at radius 2 is 1.68 bits per heavy atom. The number of anilines is 1. The predicted molar refractivity (Wildman–Crippen MR) is 106 cm³/mol. The van der Waals surface area contributed by atoms with E-state index in [0.29, 0.717) is 16.8 Å². The minimum atomic E-state index is -0.353. The Bertz CT molecular complexity index is 1100. The quantitative estimate of drug-likeness (QED) is 0.710. The third-order valence-electron chi connectivity index (χ3n) is 4.81. The zero-order chi connectivity index (χ0) is 19.8. The first kappa shape index (κ1) is 17.9. The molecule has 1 aromatic heterocycles. The molecule has 3 aromatic rings. The topological polar surface area (TPSA) is 79.4 Å². The van der Waals surface area contributed by atoms with Crippen molar-refractivity contribution in [1.82, 2.24) is 9.88 Å². The molecule has 0 bridgehead atoms. The monoisotopic (exact) mass is 373 g/mol. The first-order chi connectivity index (χ1) is 13.4. The van der Waals surface area contributed by atoms with Gasteiger partial charge < -0.3 is 5.32 Å². The van der Waals surface area contributed by atoms with E-state index in [-0.39, 0.29) is 30.7 Å². The maximum Gasteiger partial charge on any atom is 0.261 e. The Kier molecular flexibility index (Phi) is 4.39. The summed E-state index contributed by atoms with van der Waals surface area (Å²) in [6, 6.07) is 14.4. The van der Waals surface area contributed by atoms with Gasteiger partial charge in [-0.15, -0.1) is 0 Å². The average molecular weight is 373 g/mol. The Morgan fingerprint density at radius 3 is 2.36 bits per heavy atom. The molecule has 0 atom stereocenters. The van der Waals surface area contributed by atoms with Crippen LogP contribution in [-0.4, -0.2) is 34.2 Å². The van der Waals surface area contributed by atoms with Gasteiger partial charge in [0.1, 0.15) is 0 Å². The molecule has 0 saturated carbocycles. The van der Waals surface area contributed by atoms with Crippen LogP contribution >= 0.6 is 0 Å². The van der Waals surface area contributed by atoms with Crippen molar-refractivity contribution in [2.75, 3.05) is 11.9 Å². The van der Waals surface area contributed by atoms with Gasteiger partial charge in [-0.05, 0) is 44.2 Å². The molecule has 3 amide bonds. The van der Waals surface area contributed by atoms with Gasteiger partial charge >= 0.3 is 0 Å². The number of pyridine rings is 1. The summed E-state index contributed by atoms with van der Waals surface area (Å²) in [7, 11) is 0. The number of benzene rings is 2. The van der Waals surface area contributed by atoms with E-state index >= 15 is 0 Å². The first-order valence-electron chi connectivity index (χ1n) is 9.07. The molecule has 0 spiro atoms. The molecule has 6 heteroatoms. The van der Waals surface area contributed by atoms with Crippen molar-refractivity contribution in [3.05, 3.63) is 70.9 Å². The normalized spacial score (nSPS) is 13.1. The number of carbonyl (C=O) groups is 3. The van der Waals surface area contributed by atoms with Crippen molar-refractivity contribution < 1.29 is 14.4 Å². The molecule has 1 aliphatic heterocycles. The molecule has 2 heterocycles. The molecule has 0 unspecified atom stereocenters. The van der Waals surface area contributed by atoms with Gasteiger partial charge in [-0.25, -0.2) is 0 Å². The lowest BCUT2D eigenvalue weighted by Crippen LogP contribution is -2.32. The van der Waals surface area contributed by atoms with Crippen LogP contribution in [0, 0.1) is 13.8 Å². The fraction of sp³-hybridized carbons (Fsp3) is 0.182. The van der Waals surface area contributed by atoms with Gasteiger partial charge in [-0.1, -0.05) is 23.8 Å². The van der Waals surface area contributed by atoms with Crippen LogP contribution in [0.5, 0.6) is 0 Å². The maximum atomic E-state index is 12.5. The summed E-state index contributed by atoms with van der Waals surface area (Å²) in [5.74, 6) is -0.964. The fourth-order valence-corrected chi connectivity index (χ4v) is 3.44. The summed E-state index contributed by atoms with van der Waals surface area (Å²) < 4.78 is 0. The minimum Gasteiger partial charge on any atom is -0.325 e. The second kappa shape index (κ2) is 6.88. The molecule has 1 N–H and O–H groups in total. The fourth-order valence-electron chi connectivity index (χ4n) is 3.44. The summed E-state index contributed by atoms with van der Waals surface area (Å²) >= 11 is 0. The Morgan fingerprint density at radius 1 is 1.00 bits per heavy atom. The summed E-state index contributed by atoms with van der Waals surface area (Å²) in [5.41, 5.74) is 4.13. The zero-order valence-electron chi connectivity index (χ0n) is 15.7. The molecule has 0 aliphatic carbocycles. The first-order valence-corrected chi connectivity index (χ1v) is 9.07. The van der Waals surface area contributed by atoms with Crippen LogP contribution < -0.4 is 5.32 Å². The van der Waals surface area contributed by atoms with Crippen LogP contribution in [0.4, 0.5) is 5.69 Å². The molecular formula is C22H19N3O3.